The fourth-order valence-electron chi connectivity index (χ4n) is 1.20. The van der Waals surface area contributed by atoms with Gasteiger partial charge in [0.2, 0.25) is 0 Å². The van der Waals surface area contributed by atoms with E-state index in [2.05, 4.69) is 41.3 Å². The summed E-state index contributed by atoms with van der Waals surface area (Å²) in [6.45, 7) is 0. The first-order valence-electron chi connectivity index (χ1n) is 3.68. The van der Waals surface area contributed by atoms with E-state index in [1.54, 1.807) is 18.4 Å². The predicted molar refractivity (Wildman–Crippen MR) is 68.3 cm³/mol. The maximum Gasteiger partial charge on any atom is 0.188 e. The second-order valence-corrected chi connectivity index (χ2v) is 5.13. The van der Waals surface area contributed by atoms with Gasteiger partial charge < -0.3 is 4.74 Å². The van der Waals surface area contributed by atoms with Gasteiger partial charge in [0, 0.05) is 15.0 Å². The Morgan fingerprint density at radius 2 is 2.23 bits per heavy atom. The standard InChI is InChI=1S/C9H7IOS2/c1-11-9-8(10)7-5(12)3-2-4-6(7)13-9/h2-4,12H,1H3. The SMILES string of the molecule is COc1sc2cccc(S)c2c1I. The van der Waals surface area contributed by atoms with Crippen molar-refractivity contribution in [2.75, 3.05) is 7.11 Å². The molecule has 0 unspecified atom stereocenters. The van der Waals surface area contributed by atoms with Crippen LogP contribution in [0.5, 0.6) is 5.06 Å². The summed E-state index contributed by atoms with van der Waals surface area (Å²) in [7, 11) is 1.70. The van der Waals surface area contributed by atoms with Crippen LogP contribution in [0, 0.1) is 3.57 Å². The molecule has 0 aliphatic rings. The molecule has 0 amide bonds. The van der Waals surface area contributed by atoms with Crippen molar-refractivity contribution in [2.45, 2.75) is 4.90 Å². The molecule has 0 saturated heterocycles. The molecular weight excluding hydrogens is 315 g/mol. The van der Waals surface area contributed by atoms with E-state index in [9.17, 15) is 0 Å². The van der Waals surface area contributed by atoms with E-state index < -0.39 is 0 Å². The quantitative estimate of drug-likeness (QED) is 0.621. The van der Waals surface area contributed by atoms with Gasteiger partial charge in [0.15, 0.2) is 5.06 Å². The zero-order valence-electron chi connectivity index (χ0n) is 6.87. The molecule has 0 N–H and O–H groups in total. The number of fused-ring (bicyclic) bond motifs is 1. The number of thiophene rings is 1. The maximum absolute atomic E-state index is 5.26. The van der Waals surface area contributed by atoms with E-state index in [0.717, 1.165) is 13.5 Å². The molecule has 68 valence electrons. The minimum Gasteiger partial charge on any atom is -0.486 e. The Bertz CT molecular complexity index is 450. The van der Waals surface area contributed by atoms with Gasteiger partial charge in [-0.25, -0.2) is 0 Å². The van der Waals surface area contributed by atoms with Crippen molar-refractivity contribution in [1.29, 1.82) is 0 Å². The summed E-state index contributed by atoms with van der Waals surface area (Å²) in [6.07, 6.45) is 0. The molecule has 0 spiro atoms. The average Bonchev–Trinajstić information content (AvgIpc) is 2.44. The van der Waals surface area contributed by atoms with Crippen molar-refractivity contribution < 1.29 is 4.74 Å². The lowest BCUT2D eigenvalue weighted by Crippen LogP contribution is -1.79. The topological polar surface area (TPSA) is 9.23 Å². The van der Waals surface area contributed by atoms with Crippen molar-refractivity contribution in [1.82, 2.24) is 0 Å². The second-order valence-electron chi connectivity index (χ2n) is 2.56. The van der Waals surface area contributed by atoms with Crippen LogP contribution in [0.4, 0.5) is 0 Å². The molecule has 1 nitrogen and oxygen atoms in total. The van der Waals surface area contributed by atoms with Crippen LogP contribution < -0.4 is 4.74 Å². The van der Waals surface area contributed by atoms with Crippen molar-refractivity contribution in [3.05, 3.63) is 21.8 Å². The summed E-state index contributed by atoms with van der Waals surface area (Å²) in [6, 6.07) is 6.10. The lowest BCUT2D eigenvalue weighted by Gasteiger charge is -1.95. The smallest absolute Gasteiger partial charge is 0.188 e. The number of halogens is 1. The van der Waals surface area contributed by atoms with E-state index in [1.807, 2.05) is 12.1 Å². The highest BCUT2D eigenvalue weighted by Crippen LogP contribution is 2.40. The average molecular weight is 322 g/mol. The largest absolute Gasteiger partial charge is 0.486 e. The van der Waals surface area contributed by atoms with E-state index >= 15 is 0 Å². The van der Waals surface area contributed by atoms with E-state index in [1.165, 1.54) is 10.1 Å². The first kappa shape index (κ1) is 9.61. The van der Waals surface area contributed by atoms with Crippen LogP contribution in [0.15, 0.2) is 23.1 Å². The van der Waals surface area contributed by atoms with E-state index in [-0.39, 0.29) is 0 Å². The summed E-state index contributed by atoms with van der Waals surface area (Å²) in [4.78, 5) is 1.02. The van der Waals surface area contributed by atoms with Crippen molar-refractivity contribution in [3.63, 3.8) is 0 Å². The number of hydrogen-bond acceptors (Lipinski definition) is 3. The third kappa shape index (κ3) is 1.55. The van der Waals surface area contributed by atoms with Crippen LogP contribution in [0.3, 0.4) is 0 Å². The number of thiol groups is 1. The van der Waals surface area contributed by atoms with Crippen molar-refractivity contribution in [2.24, 2.45) is 0 Å². The van der Waals surface area contributed by atoms with E-state index in [4.69, 9.17) is 4.74 Å². The van der Waals surface area contributed by atoms with Gasteiger partial charge in [0.05, 0.1) is 10.7 Å². The van der Waals surface area contributed by atoms with Crippen molar-refractivity contribution >= 4 is 56.6 Å². The molecule has 0 fully saturated rings. The Kier molecular flexibility index (Phi) is 2.71. The highest BCUT2D eigenvalue weighted by molar-refractivity contribution is 14.1. The summed E-state index contributed by atoms with van der Waals surface area (Å²) >= 11 is 8.37. The van der Waals surface area contributed by atoms with Gasteiger partial charge in [-0.2, -0.15) is 0 Å². The summed E-state index contributed by atoms with van der Waals surface area (Å²) in [5.41, 5.74) is 0. The van der Waals surface area contributed by atoms with Crippen LogP contribution >= 0.6 is 46.6 Å². The minimum atomic E-state index is 0.970. The van der Waals surface area contributed by atoms with Gasteiger partial charge in [0.25, 0.3) is 0 Å². The van der Waals surface area contributed by atoms with Gasteiger partial charge in [-0.1, -0.05) is 17.4 Å². The Morgan fingerprint density at radius 3 is 2.85 bits per heavy atom. The number of methoxy groups -OCH3 is 1. The lowest BCUT2D eigenvalue weighted by molar-refractivity contribution is 0.425. The number of ether oxygens (including phenoxy) is 1. The summed E-state index contributed by atoms with van der Waals surface area (Å²) in [5.74, 6) is 0. The molecule has 1 aromatic heterocycles. The van der Waals surface area contributed by atoms with Crippen LogP contribution in [0.2, 0.25) is 0 Å². The molecule has 0 aliphatic carbocycles. The van der Waals surface area contributed by atoms with Crippen LogP contribution in [0.25, 0.3) is 10.1 Å². The molecule has 2 aromatic rings. The maximum atomic E-state index is 5.26. The molecule has 0 atom stereocenters. The normalized spacial score (nSPS) is 10.7. The Labute approximate surface area is 99.6 Å². The monoisotopic (exact) mass is 322 g/mol. The highest BCUT2D eigenvalue weighted by Gasteiger charge is 2.11. The van der Waals surface area contributed by atoms with Crippen LogP contribution in [-0.4, -0.2) is 7.11 Å². The summed E-state index contributed by atoms with van der Waals surface area (Å²) < 4.78 is 7.65. The zero-order chi connectivity index (χ0) is 9.42. The minimum absolute atomic E-state index is 0.970. The van der Waals surface area contributed by atoms with Crippen molar-refractivity contribution in [3.8, 4) is 5.06 Å². The van der Waals surface area contributed by atoms with Crippen LogP contribution in [-0.2, 0) is 0 Å². The van der Waals surface area contributed by atoms with Crippen LogP contribution in [0.1, 0.15) is 0 Å². The molecule has 0 saturated carbocycles. The second kappa shape index (κ2) is 3.67. The van der Waals surface area contributed by atoms with Gasteiger partial charge in [-0.15, -0.1) is 12.6 Å². The number of benzene rings is 1. The molecule has 0 radical (unpaired) electrons. The Balaban J connectivity index is 2.85. The Hall–Kier alpha value is 0.0600. The first-order chi connectivity index (χ1) is 6.24. The van der Waals surface area contributed by atoms with E-state index in [0.29, 0.717) is 0 Å². The molecule has 1 heterocycles. The molecule has 0 bridgehead atoms. The zero-order valence-corrected chi connectivity index (χ0v) is 10.7. The third-order valence-corrected chi connectivity index (χ3v) is 4.68. The fraction of sp³-hybridized carbons (Fsp3) is 0.111. The molecule has 2 rings (SSSR count). The third-order valence-electron chi connectivity index (χ3n) is 1.79. The molecule has 13 heavy (non-hydrogen) atoms. The summed E-state index contributed by atoms with van der Waals surface area (Å²) in [5, 5.41) is 2.17. The molecule has 1 aromatic carbocycles. The van der Waals surface area contributed by atoms with Gasteiger partial charge >= 0.3 is 0 Å². The van der Waals surface area contributed by atoms with Gasteiger partial charge in [0.1, 0.15) is 0 Å². The van der Waals surface area contributed by atoms with Gasteiger partial charge in [-0.05, 0) is 34.7 Å². The predicted octanol–water partition coefficient (Wildman–Crippen LogP) is 3.80. The lowest BCUT2D eigenvalue weighted by atomic mass is 10.3. The highest BCUT2D eigenvalue weighted by atomic mass is 127. The van der Waals surface area contributed by atoms with Gasteiger partial charge in [-0.3, -0.25) is 0 Å². The molecular formula is C9H7IOS2. The fourth-order valence-corrected chi connectivity index (χ4v) is 4.06. The first-order valence-corrected chi connectivity index (χ1v) is 6.02. The Morgan fingerprint density at radius 1 is 1.46 bits per heavy atom. The molecule has 4 heteroatoms. The number of rotatable bonds is 1. The molecule has 0 aliphatic heterocycles. The number of hydrogen-bond donors (Lipinski definition) is 1.